The zero-order valence-electron chi connectivity index (χ0n) is 15.3. The van der Waals surface area contributed by atoms with Crippen molar-refractivity contribution in [2.45, 2.75) is 25.1 Å². The molecule has 0 unspecified atom stereocenters. The molecular weight excluding hydrogens is 364 g/mol. The summed E-state index contributed by atoms with van der Waals surface area (Å²) < 4.78 is 7.07. The van der Waals surface area contributed by atoms with Crippen LogP contribution >= 0.6 is 11.8 Å². The van der Waals surface area contributed by atoms with Gasteiger partial charge in [-0.15, -0.1) is 11.8 Å². The quantitative estimate of drug-likeness (QED) is 0.724. The van der Waals surface area contributed by atoms with E-state index in [-0.39, 0.29) is 28.5 Å². The van der Waals surface area contributed by atoms with E-state index >= 15 is 0 Å². The molecule has 0 saturated heterocycles. The molecule has 1 aliphatic rings. The van der Waals surface area contributed by atoms with Crippen molar-refractivity contribution in [3.8, 4) is 5.75 Å². The van der Waals surface area contributed by atoms with E-state index < -0.39 is 0 Å². The van der Waals surface area contributed by atoms with Gasteiger partial charge in [0.2, 0.25) is 5.91 Å². The van der Waals surface area contributed by atoms with Crippen LogP contribution in [0, 0.1) is 0 Å². The Morgan fingerprint density at radius 1 is 1.26 bits per heavy atom. The van der Waals surface area contributed by atoms with Crippen molar-refractivity contribution >= 4 is 34.4 Å². The molecule has 0 saturated carbocycles. The summed E-state index contributed by atoms with van der Waals surface area (Å²) in [5, 5.41) is 7.95. The minimum atomic E-state index is -0.286. The number of hydrogen-bond acceptors (Lipinski definition) is 5. The average molecular weight is 384 g/mol. The molecular formula is C19H20N4O3S. The number of nitrogens with zero attached hydrogens (tertiary/aromatic N) is 2. The summed E-state index contributed by atoms with van der Waals surface area (Å²) in [5.74, 6) is 1.56. The van der Waals surface area contributed by atoms with Crippen LogP contribution in [-0.4, -0.2) is 33.5 Å². The Morgan fingerprint density at radius 3 is 2.81 bits per heavy atom. The fraction of sp³-hybridized carbons (Fsp3) is 0.316. The number of aromatic nitrogens is 3. The fourth-order valence-electron chi connectivity index (χ4n) is 3.29. The summed E-state index contributed by atoms with van der Waals surface area (Å²) in [6.07, 6.45) is 1.74. The molecule has 1 aliphatic heterocycles. The molecule has 0 aliphatic carbocycles. The van der Waals surface area contributed by atoms with Crippen LogP contribution in [0.2, 0.25) is 0 Å². The number of carbonyl (C=O) groups is 1. The van der Waals surface area contributed by atoms with E-state index in [1.54, 1.807) is 18.0 Å². The van der Waals surface area contributed by atoms with E-state index in [1.807, 2.05) is 38.1 Å². The number of anilines is 1. The molecule has 8 heteroatoms. The van der Waals surface area contributed by atoms with Crippen LogP contribution in [0.1, 0.15) is 36.3 Å². The molecule has 2 aromatic heterocycles. The normalized spacial score (nSPS) is 16.9. The highest BCUT2D eigenvalue weighted by Gasteiger charge is 2.30. The van der Waals surface area contributed by atoms with Crippen molar-refractivity contribution in [1.82, 2.24) is 14.8 Å². The third-order valence-electron chi connectivity index (χ3n) is 4.60. The monoisotopic (exact) mass is 384 g/mol. The molecule has 0 radical (unpaired) electrons. The smallest absolute Gasteiger partial charge is 0.253 e. The van der Waals surface area contributed by atoms with Crippen LogP contribution in [0.5, 0.6) is 5.75 Å². The number of methoxy groups -OCH3 is 1. The van der Waals surface area contributed by atoms with Crippen LogP contribution < -0.4 is 15.6 Å². The fourth-order valence-corrected chi connectivity index (χ4v) is 4.38. The number of fused-ring (bicyclic) bond motifs is 2. The largest absolute Gasteiger partial charge is 0.497 e. The Kier molecular flexibility index (Phi) is 4.43. The predicted octanol–water partition coefficient (Wildman–Crippen LogP) is 3.09. The zero-order chi connectivity index (χ0) is 19.1. The highest BCUT2D eigenvalue weighted by Crippen LogP contribution is 2.41. The van der Waals surface area contributed by atoms with E-state index in [2.05, 4.69) is 15.4 Å². The van der Waals surface area contributed by atoms with Crippen LogP contribution in [0.15, 0.2) is 35.3 Å². The molecule has 0 bridgehead atoms. The van der Waals surface area contributed by atoms with Gasteiger partial charge >= 0.3 is 0 Å². The van der Waals surface area contributed by atoms with Crippen molar-refractivity contribution < 1.29 is 9.53 Å². The summed E-state index contributed by atoms with van der Waals surface area (Å²) >= 11 is 1.43. The first-order valence-corrected chi connectivity index (χ1v) is 9.72. The van der Waals surface area contributed by atoms with Crippen molar-refractivity contribution in [1.29, 1.82) is 0 Å². The van der Waals surface area contributed by atoms with Gasteiger partial charge in [0.05, 0.1) is 24.3 Å². The Labute approximate surface area is 160 Å². The van der Waals surface area contributed by atoms with Crippen molar-refractivity contribution in [3.63, 3.8) is 0 Å². The third kappa shape index (κ3) is 3.10. The second kappa shape index (κ2) is 6.77. The molecule has 1 atom stereocenters. The van der Waals surface area contributed by atoms with Crippen LogP contribution in [0.4, 0.5) is 5.82 Å². The predicted molar refractivity (Wildman–Crippen MR) is 107 cm³/mol. The van der Waals surface area contributed by atoms with Gasteiger partial charge < -0.3 is 15.0 Å². The molecule has 27 heavy (non-hydrogen) atoms. The number of pyridine rings is 1. The maximum absolute atomic E-state index is 12.8. The summed E-state index contributed by atoms with van der Waals surface area (Å²) in [5.41, 5.74) is 2.02. The Morgan fingerprint density at radius 2 is 2.07 bits per heavy atom. The maximum Gasteiger partial charge on any atom is 0.253 e. The van der Waals surface area contributed by atoms with Gasteiger partial charge in [-0.05, 0) is 38.1 Å². The Balaban J connectivity index is 1.89. The standard InChI is InChI=1S/C19H20N4O3S/c1-10(2)23-18-14(8-20-23)17(27-9-16(24)22-18)13-7-11-6-12(26-3)4-5-15(11)21-19(13)25/h4-8,10,17H,9H2,1-3H3,(H,21,25)(H,22,24)/t17-/m1/s1. The van der Waals surface area contributed by atoms with E-state index in [1.165, 1.54) is 11.8 Å². The van der Waals surface area contributed by atoms with Gasteiger partial charge in [0.15, 0.2) is 0 Å². The number of hydrogen-bond donors (Lipinski definition) is 2. The minimum Gasteiger partial charge on any atom is -0.497 e. The molecule has 0 spiro atoms. The first kappa shape index (κ1) is 17.7. The topological polar surface area (TPSA) is 89.0 Å². The van der Waals surface area contributed by atoms with E-state index in [0.717, 1.165) is 22.2 Å². The second-order valence-corrected chi connectivity index (χ2v) is 7.83. The van der Waals surface area contributed by atoms with Gasteiger partial charge in [0, 0.05) is 28.1 Å². The van der Waals surface area contributed by atoms with Crippen LogP contribution in [0.25, 0.3) is 10.9 Å². The first-order chi connectivity index (χ1) is 13.0. The molecule has 4 rings (SSSR count). The van der Waals surface area contributed by atoms with Gasteiger partial charge in [0.25, 0.3) is 5.56 Å². The third-order valence-corrected chi connectivity index (χ3v) is 5.87. The number of nitrogens with one attached hydrogen (secondary N) is 2. The number of ether oxygens (including phenoxy) is 1. The number of rotatable bonds is 3. The molecule has 1 amide bonds. The lowest BCUT2D eigenvalue weighted by Crippen LogP contribution is -2.17. The summed E-state index contributed by atoms with van der Waals surface area (Å²) in [6.45, 7) is 4.00. The summed E-state index contributed by atoms with van der Waals surface area (Å²) in [4.78, 5) is 27.9. The Bertz CT molecular complexity index is 1090. The van der Waals surface area contributed by atoms with Crippen LogP contribution in [-0.2, 0) is 4.79 Å². The molecule has 3 aromatic rings. The van der Waals surface area contributed by atoms with Crippen LogP contribution in [0.3, 0.4) is 0 Å². The summed E-state index contributed by atoms with van der Waals surface area (Å²) in [6, 6.07) is 7.49. The SMILES string of the molecule is COc1ccc2[nH]c(=O)c([C@H]3SCC(=O)Nc4c3cnn4C(C)C)cc2c1. The molecule has 7 nitrogen and oxygen atoms in total. The number of amides is 1. The summed E-state index contributed by atoms with van der Waals surface area (Å²) in [7, 11) is 1.61. The van der Waals surface area contributed by atoms with E-state index in [4.69, 9.17) is 4.74 Å². The van der Waals surface area contributed by atoms with Gasteiger partial charge in [-0.2, -0.15) is 5.10 Å². The highest BCUT2D eigenvalue weighted by atomic mass is 32.2. The first-order valence-electron chi connectivity index (χ1n) is 8.67. The average Bonchev–Trinajstić information content (AvgIpc) is 2.98. The molecule has 0 fully saturated rings. The van der Waals surface area contributed by atoms with E-state index in [9.17, 15) is 9.59 Å². The van der Waals surface area contributed by atoms with Crippen molar-refractivity contribution in [2.75, 3.05) is 18.2 Å². The van der Waals surface area contributed by atoms with Crippen molar-refractivity contribution in [3.05, 3.63) is 51.9 Å². The highest BCUT2D eigenvalue weighted by molar-refractivity contribution is 8.00. The second-order valence-electron chi connectivity index (χ2n) is 6.73. The van der Waals surface area contributed by atoms with Gasteiger partial charge in [-0.25, -0.2) is 4.68 Å². The number of thioether (sulfide) groups is 1. The lowest BCUT2D eigenvalue weighted by atomic mass is 10.1. The minimum absolute atomic E-state index is 0.0926. The number of H-pyrrole nitrogens is 1. The maximum atomic E-state index is 12.8. The molecule has 2 N–H and O–H groups in total. The molecule has 1 aromatic carbocycles. The van der Waals surface area contributed by atoms with Gasteiger partial charge in [0.1, 0.15) is 11.6 Å². The number of aromatic amines is 1. The van der Waals surface area contributed by atoms with Gasteiger partial charge in [-0.1, -0.05) is 0 Å². The number of benzene rings is 1. The number of carbonyl (C=O) groups excluding carboxylic acids is 1. The Hall–Kier alpha value is -2.74. The zero-order valence-corrected chi connectivity index (χ0v) is 16.1. The van der Waals surface area contributed by atoms with Gasteiger partial charge in [-0.3, -0.25) is 9.59 Å². The van der Waals surface area contributed by atoms with E-state index in [0.29, 0.717) is 11.4 Å². The van der Waals surface area contributed by atoms with Crippen molar-refractivity contribution in [2.24, 2.45) is 0 Å². The lowest BCUT2D eigenvalue weighted by Gasteiger charge is -2.15. The lowest BCUT2D eigenvalue weighted by molar-refractivity contribution is -0.113. The molecule has 3 heterocycles. The molecule has 140 valence electrons.